The highest BCUT2D eigenvalue weighted by Crippen LogP contribution is 2.26. The van der Waals surface area contributed by atoms with Crippen LogP contribution in [0.15, 0.2) is 0 Å². The number of nitrogens with two attached hydrogens (primary N) is 1. The van der Waals surface area contributed by atoms with Crippen LogP contribution in [0.5, 0.6) is 0 Å². The highest BCUT2D eigenvalue weighted by molar-refractivity contribution is 4.81. The minimum Gasteiger partial charge on any atom is -0.326 e. The van der Waals surface area contributed by atoms with Gasteiger partial charge in [-0.3, -0.25) is 4.90 Å². The number of piperazine rings is 1. The van der Waals surface area contributed by atoms with Crippen molar-refractivity contribution in [3.8, 4) is 0 Å². The molecule has 1 saturated carbocycles. The molecule has 0 aromatic carbocycles. The molecule has 1 saturated heterocycles. The Labute approximate surface area is 106 Å². The van der Waals surface area contributed by atoms with Crippen molar-refractivity contribution in [2.24, 2.45) is 11.7 Å². The monoisotopic (exact) mass is 239 g/mol. The molecule has 2 fully saturated rings. The molecule has 3 nitrogen and oxygen atoms in total. The van der Waals surface area contributed by atoms with Crippen LogP contribution in [0.4, 0.5) is 0 Å². The minimum absolute atomic E-state index is 0.420. The van der Waals surface area contributed by atoms with Crippen LogP contribution in [0.1, 0.15) is 39.0 Å². The highest BCUT2D eigenvalue weighted by atomic mass is 15.3. The molecule has 0 aromatic rings. The Bertz CT molecular complexity index is 206. The lowest BCUT2D eigenvalue weighted by Gasteiger charge is -2.37. The van der Waals surface area contributed by atoms with E-state index < -0.39 is 0 Å². The molecular weight excluding hydrogens is 210 g/mol. The lowest BCUT2D eigenvalue weighted by molar-refractivity contribution is 0.119. The normalized spacial score (nSPS) is 27.2. The first-order chi connectivity index (χ1) is 8.29. The van der Waals surface area contributed by atoms with Gasteiger partial charge in [0.15, 0.2) is 0 Å². The van der Waals surface area contributed by atoms with E-state index in [0.29, 0.717) is 6.04 Å². The molecule has 0 bridgehead atoms. The van der Waals surface area contributed by atoms with Crippen molar-refractivity contribution < 1.29 is 0 Å². The quantitative estimate of drug-likeness (QED) is 0.807. The largest absolute Gasteiger partial charge is 0.326 e. The third-order valence-electron chi connectivity index (χ3n) is 4.64. The van der Waals surface area contributed by atoms with E-state index in [0.717, 1.165) is 12.5 Å². The van der Waals surface area contributed by atoms with Gasteiger partial charge in [-0.05, 0) is 25.3 Å². The molecule has 2 aliphatic rings. The van der Waals surface area contributed by atoms with E-state index in [1.807, 2.05) is 0 Å². The Kier molecular flexibility index (Phi) is 5.26. The number of hydrogen-bond acceptors (Lipinski definition) is 3. The molecule has 3 heteroatoms. The molecule has 2 rings (SSSR count). The second-order valence-corrected chi connectivity index (χ2v) is 5.80. The molecule has 0 spiro atoms. The van der Waals surface area contributed by atoms with Crippen LogP contribution in [-0.4, -0.2) is 55.1 Å². The molecular formula is C14H29N3. The summed E-state index contributed by atoms with van der Waals surface area (Å²) in [5.41, 5.74) is 6.39. The van der Waals surface area contributed by atoms with Crippen LogP contribution >= 0.6 is 0 Å². The van der Waals surface area contributed by atoms with Crippen LogP contribution in [0.3, 0.4) is 0 Å². The van der Waals surface area contributed by atoms with Crippen LogP contribution in [0, 0.1) is 5.92 Å². The Balaban J connectivity index is 1.69. The van der Waals surface area contributed by atoms with Gasteiger partial charge in [0.2, 0.25) is 0 Å². The molecule has 2 N–H and O–H groups in total. The smallest absolute Gasteiger partial charge is 0.0196 e. The molecule has 100 valence electrons. The molecule has 0 amide bonds. The summed E-state index contributed by atoms with van der Waals surface area (Å²) in [6.07, 6.45) is 6.98. The van der Waals surface area contributed by atoms with Crippen LogP contribution in [0.2, 0.25) is 0 Å². The second-order valence-electron chi connectivity index (χ2n) is 5.80. The zero-order valence-corrected chi connectivity index (χ0v) is 11.4. The SMILES string of the molecule is CCN1CCN(CC(N)C2CCCCC2)CC1. The summed E-state index contributed by atoms with van der Waals surface area (Å²) >= 11 is 0. The Morgan fingerprint density at radius 3 is 2.18 bits per heavy atom. The molecule has 1 aliphatic carbocycles. The number of likely N-dealkylation sites (N-methyl/N-ethyl adjacent to an activating group) is 1. The van der Waals surface area contributed by atoms with E-state index in [-0.39, 0.29) is 0 Å². The number of nitrogens with zero attached hydrogens (tertiary/aromatic N) is 2. The van der Waals surface area contributed by atoms with E-state index >= 15 is 0 Å². The van der Waals surface area contributed by atoms with Gasteiger partial charge in [0.25, 0.3) is 0 Å². The van der Waals surface area contributed by atoms with Crippen molar-refractivity contribution in [1.82, 2.24) is 9.80 Å². The molecule has 17 heavy (non-hydrogen) atoms. The third-order valence-corrected chi connectivity index (χ3v) is 4.64. The summed E-state index contributed by atoms with van der Waals surface area (Å²) in [6.45, 7) is 9.47. The molecule has 1 heterocycles. The molecule has 1 atom stereocenters. The Hall–Kier alpha value is -0.120. The van der Waals surface area contributed by atoms with Crippen molar-refractivity contribution in [1.29, 1.82) is 0 Å². The fourth-order valence-corrected chi connectivity index (χ4v) is 3.30. The first kappa shape index (κ1) is 13.3. The molecule has 1 aliphatic heterocycles. The fraction of sp³-hybridized carbons (Fsp3) is 1.00. The Morgan fingerprint density at radius 1 is 1.00 bits per heavy atom. The van der Waals surface area contributed by atoms with Gasteiger partial charge in [-0.15, -0.1) is 0 Å². The summed E-state index contributed by atoms with van der Waals surface area (Å²) in [5, 5.41) is 0. The second kappa shape index (κ2) is 6.72. The minimum atomic E-state index is 0.420. The third kappa shape index (κ3) is 3.94. The van der Waals surface area contributed by atoms with Gasteiger partial charge < -0.3 is 10.6 Å². The standard InChI is InChI=1S/C14H29N3/c1-2-16-8-10-17(11-9-16)12-14(15)13-6-4-3-5-7-13/h13-14H,2-12,15H2,1H3. The first-order valence-corrected chi connectivity index (χ1v) is 7.50. The van der Waals surface area contributed by atoms with Crippen molar-refractivity contribution in [2.45, 2.75) is 45.1 Å². The van der Waals surface area contributed by atoms with E-state index in [2.05, 4.69) is 16.7 Å². The number of rotatable bonds is 4. The van der Waals surface area contributed by atoms with Crippen LogP contribution < -0.4 is 5.73 Å². The highest BCUT2D eigenvalue weighted by Gasteiger charge is 2.24. The lowest BCUT2D eigenvalue weighted by Crippen LogP contribution is -2.51. The Morgan fingerprint density at radius 2 is 1.59 bits per heavy atom. The van der Waals surface area contributed by atoms with Crippen molar-refractivity contribution in [3.63, 3.8) is 0 Å². The average molecular weight is 239 g/mol. The predicted molar refractivity (Wildman–Crippen MR) is 73.1 cm³/mol. The maximum Gasteiger partial charge on any atom is 0.0196 e. The summed E-state index contributed by atoms with van der Waals surface area (Å²) < 4.78 is 0. The van der Waals surface area contributed by atoms with E-state index in [9.17, 15) is 0 Å². The zero-order valence-electron chi connectivity index (χ0n) is 11.4. The van der Waals surface area contributed by atoms with E-state index in [1.54, 1.807) is 0 Å². The van der Waals surface area contributed by atoms with Gasteiger partial charge in [0.1, 0.15) is 0 Å². The van der Waals surface area contributed by atoms with Crippen molar-refractivity contribution in [3.05, 3.63) is 0 Å². The van der Waals surface area contributed by atoms with Crippen molar-refractivity contribution in [2.75, 3.05) is 39.3 Å². The summed E-state index contributed by atoms with van der Waals surface area (Å²) in [4.78, 5) is 5.11. The van der Waals surface area contributed by atoms with E-state index in [1.165, 1.54) is 64.8 Å². The summed E-state index contributed by atoms with van der Waals surface area (Å²) in [7, 11) is 0. The fourth-order valence-electron chi connectivity index (χ4n) is 3.30. The molecule has 0 radical (unpaired) electrons. The lowest BCUT2D eigenvalue weighted by atomic mass is 9.84. The number of hydrogen-bond donors (Lipinski definition) is 1. The topological polar surface area (TPSA) is 32.5 Å². The molecule has 1 unspecified atom stereocenters. The van der Waals surface area contributed by atoms with Gasteiger partial charge in [-0.25, -0.2) is 0 Å². The average Bonchev–Trinajstić information content (AvgIpc) is 2.40. The maximum absolute atomic E-state index is 6.39. The predicted octanol–water partition coefficient (Wildman–Crippen LogP) is 1.53. The van der Waals surface area contributed by atoms with Crippen LogP contribution in [0.25, 0.3) is 0 Å². The van der Waals surface area contributed by atoms with Gasteiger partial charge in [-0.1, -0.05) is 26.2 Å². The van der Waals surface area contributed by atoms with E-state index in [4.69, 9.17) is 5.73 Å². The van der Waals surface area contributed by atoms with Gasteiger partial charge in [0.05, 0.1) is 0 Å². The summed E-state index contributed by atoms with van der Waals surface area (Å²) in [5.74, 6) is 0.799. The van der Waals surface area contributed by atoms with Gasteiger partial charge in [-0.2, -0.15) is 0 Å². The van der Waals surface area contributed by atoms with Crippen LogP contribution in [-0.2, 0) is 0 Å². The van der Waals surface area contributed by atoms with Gasteiger partial charge >= 0.3 is 0 Å². The van der Waals surface area contributed by atoms with Crippen molar-refractivity contribution >= 4 is 0 Å². The molecule has 0 aromatic heterocycles. The first-order valence-electron chi connectivity index (χ1n) is 7.50. The zero-order chi connectivity index (χ0) is 12.1. The maximum atomic E-state index is 6.39. The van der Waals surface area contributed by atoms with Gasteiger partial charge in [0, 0.05) is 38.8 Å². The summed E-state index contributed by atoms with van der Waals surface area (Å²) in [6, 6.07) is 0.420.